The van der Waals surface area contributed by atoms with Crippen LogP contribution in [-0.4, -0.2) is 132 Å². The van der Waals surface area contributed by atoms with Crippen LogP contribution in [0, 0.1) is 0 Å². The Kier molecular flexibility index (Phi) is 20.2. The molecule has 4 aliphatic heterocycles. The van der Waals surface area contributed by atoms with Gasteiger partial charge in [-0.05, 0) is 204 Å². The Hall–Kier alpha value is -8.84. The van der Waals surface area contributed by atoms with Crippen molar-refractivity contribution in [1.29, 1.82) is 0 Å². The van der Waals surface area contributed by atoms with Gasteiger partial charge in [0.1, 0.15) is 22.6 Å². The third-order valence-corrected chi connectivity index (χ3v) is 24.2. The highest BCUT2D eigenvalue weighted by Crippen LogP contribution is 2.51. The minimum absolute atomic E-state index is 0.0253. The number of aromatic nitrogens is 6. The van der Waals surface area contributed by atoms with Gasteiger partial charge in [-0.2, -0.15) is 10.2 Å². The van der Waals surface area contributed by atoms with Gasteiger partial charge in [-0.3, -0.25) is 19.0 Å². The first-order valence-corrected chi connectivity index (χ1v) is 38.2. The lowest BCUT2D eigenvalue weighted by molar-refractivity contribution is 0.0523. The minimum Gasteiger partial charge on any atom is -0.497 e. The Morgan fingerprint density at radius 3 is 1.35 bits per heavy atom. The van der Waals surface area contributed by atoms with Crippen LogP contribution in [-0.2, 0) is 47.3 Å². The first kappa shape index (κ1) is 69.6. The number of nitrogens with one attached hydrogen (secondary N) is 2. The minimum atomic E-state index is -3.85. The number of hydrogen-bond acceptors (Lipinski definition) is 15. The number of fused-ring (bicyclic) bond motifs is 10. The lowest BCUT2D eigenvalue weighted by Gasteiger charge is -2.25. The molecule has 3 N–H and O–H groups in total. The number of nitrogens with zero attached hydrogens (tertiary/aromatic N) is 6. The predicted octanol–water partition coefficient (Wildman–Crippen LogP) is 13.7. The summed E-state index contributed by atoms with van der Waals surface area (Å²) in [6.45, 7) is 11.2. The van der Waals surface area contributed by atoms with E-state index in [-0.39, 0.29) is 41.3 Å². The summed E-state index contributed by atoms with van der Waals surface area (Å²) in [5.41, 5.74) is 13.8. The van der Waals surface area contributed by atoms with Gasteiger partial charge in [0.25, 0.3) is 11.8 Å². The highest BCUT2D eigenvalue weighted by atomic mass is 32.2. The van der Waals surface area contributed by atoms with Crippen molar-refractivity contribution in [2.45, 2.75) is 172 Å². The Balaban J connectivity index is 0.000000179. The topological polar surface area (TPSA) is 272 Å². The van der Waals surface area contributed by atoms with Crippen LogP contribution in [0.3, 0.4) is 0 Å². The summed E-state index contributed by atoms with van der Waals surface area (Å²) in [6.07, 6.45) is 21.2. The van der Waals surface area contributed by atoms with Gasteiger partial charge in [0.2, 0.25) is 20.0 Å². The Morgan fingerprint density at radius 1 is 0.550 bits per heavy atom. The summed E-state index contributed by atoms with van der Waals surface area (Å²) in [4.78, 5) is 53.1. The van der Waals surface area contributed by atoms with Crippen LogP contribution in [0.25, 0.3) is 67.6 Å². The molecule has 4 fully saturated rings. The van der Waals surface area contributed by atoms with E-state index in [9.17, 15) is 41.1 Å². The van der Waals surface area contributed by atoms with Crippen molar-refractivity contribution in [2.75, 3.05) is 47.3 Å². The predicted molar refractivity (Wildman–Crippen MR) is 384 cm³/mol. The fraction of sp³-hybridized carbons (Fsp3) is 0.447. The van der Waals surface area contributed by atoms with Crippen molar-refractivity contribution in [2.24, 2.45) is 0 Å². The molecule has 2 saturated carbocycles. The summed E-state index contributed by atoms with van der Waals surface area (Å²) < 4.78 is 91.7. The van der Waals surface area contributed by atoms with Crippen molar-refractivity contribution < 1.29 is 64.8 Å². The summed E-state index contributed by atoms with van der Waals surface area (Å²) in [7, 11) is -4.41. The van der Waals surface area contributed by atoms with Gasteiger partial charge in [-0.15, -0.1) is 0 Å². The molecule has 4 aromatic carbocycles. The number of esters is 1. The number of carbonyl (C=O) groups excluding carboxylic acids is 3. The Bertz CT molecular complexity index is 4800. The van der Waals surface area contributed by atoms with Gasteiger partial charge in [-0.1, -0.05) is 50.7 Å². The smallest absolute Gasteiger partial charge is 0.341 e. The molecule has 0 bridgehead atoms. The van der Waals surface area contributed by atoms with Crippen LogP contribution in [0.15, 0.2) is 85.2 Å². The van der Waals surface area contributed by atoms with Gasteiger partial charge < -0.3 is 37.9 Å². The summed E-state index contributed by atoms with van der Waals surface area (Å²) in [5.74, 6) is -0.877. The number of hydrogen-bond donors (Lipinski definition) is 3. The molecule has 8 heterocycles. The van der Waals surface area contributed by atoms with Gasteiger partial charge in [-0.25, -0.2) is 35.9 Å². The summed E-state index contributed by atoms with van der Waals surface area (Å²) >= 11 is 0. The molecule has 2 aliphatic carbocycles. The molecule has 2 amide bonds. The quantitative estimate of drug-likeness (QED) is 0.0715. The van der Waals surface area contributed by atoms with Crippen LogP contribution >= 0.6 is 0 Å². The fourth-order valence-corrected chi connectivity index (χ4v) is 16.8. The molecule has 22 nitrogen and oxygen atoms in total. The number of methoxy groups -OCH3 is 2. The monoisotopic (exact) mass is 1400 g/mol. The lowest BCUT2D eigenvalue weighted by Crippen LogP contribution is -2.35. The van der Waals surface area contributed by atoms with Crippen molar-refractivity contribution in [1.82, 2.24) is 38.1 Å². The number of carboxylic acids is 1. The Labute approximate surface area is 583 Å². The highest BCUT2D eigenvalue weighted by molar-refractivity contribution is 7.90. The first-order valence-electron chi connectivity index (χ1n) is 35.1. The van der Waals surface area contributed by atoms with Gasteiger partial charge in [0, 0.05) is 70.5 Å². The number of amides is 2. The van der Waals surface area contributed by atoms with E-state index in [4.69, 9.17) is 28.8 Å². The number of allylic oxidation sites excluding steroid dienone is 2. The number of ether oxygens (including phenoxy) is 5. The molecule has 24 heteroatoms. The average Bonchev–Trinajstić information content (AvgIpc) is 1.57. The molecular weight excluding hydrogens is 1310 g/mol. The average molecular weight is 1400 g/mol. The second kappa shape index (κ2) is 29.0. The largest absolute Gasteiger partial charge is 0.497 e. The molecule has 0 spiro atoms. The zero-order chi connectivity index (χ0) is 70.3. The van der Waals surface area contributed by atoms with Crippen molar-refractivity contribution in [3.63, 3.8) is 0 Å². The van der Waals surface area contributed by atoms with E-state index in [1.807, 2.05) is 57.9 Å². The third kappa shape index (κ3) is 13.5. The number of aromatic carboxylic acids is 1. The zero-order valence-corrected chi connectivity index (χ0v) is 59.4. The van der Waals surface area contributed by atoms with Crippen LogP contribution in [0.1, 0.15) is 224 Å². The third-order valence-electron chi connectivity index (χ3n) is 20.8. The van der Waals surface area contributed by atoms with Gasteiger partial charge in [0.15, 0.2) is 0 Å². The maximum atomic E-state index is 13.5. The second-order valence-corrected chi connectivity index (χ2v) is 32.0. The normalized spacial score (nSPS) is 17.2. The standard InChI is InChI=1S/C39H46N4O7S.C37H42N4O7S/c1-5-50-39(45)33-22-40-43(29-15-17-49-18-16-29)36(33)28-19-27-20-30(48-4)12-14-31(27)37-35(25-9-7-6-8-10-25)32-13-11-26(21-34(32)42(37)23-28)38(44)41-51(46,47)24(2)3;1-22(2)49(45,46)39-36(42)24-9-11-30-32(19-24)40-21-26(34-31(37(43)44)20-38-41(34)27-13-15-48-16-14-27)17-25-18-28(47-3)10-12-29(25)35(40)33(30)23-7-5-4-6-8-23/h11-14,19-22,24-25,29H,5-10,15-18,23H2,1-4H3,(H,41,44);9-12,17-20,22-23,27H,4-8,13-16,21H2,1-3H3,(H,39,42)(H,43,44). The van der Waals surface area contributed by atoms with Gasteiger partial charge in [0.05, 0.1) is 91.7 Å². The van der Waals surface area contributed by atoms with E-state index in [2.05, 4.69) is 41.9 Å². The van der Waals surface area contributed by atoms with Crippen molar-refractivity contribution in [3.05, 3.63) is 141 Å². The van der Waals surface area contributed by atoms with Crippen molar-refractivity contribution in [3.8, 4) is 34.0 Å². The zero-order valence-electron chi connectivity index (χ0n) is 57.8. The van der Waals surface area contributed by atoms with Crippen LogP contribution in [0.2, 0.25) is 0 Å². The van der Waals surface area contributed by atoms with E-state index in [0.717, 1.165) is 131 Å². The summed E-state index contributed by atoms with van der Waals surface area (Å²) in [5, 5.41) is 20.3. The van der Waals surface area contributed by atoms with E-state index >= 15 is 0 Å². The molecule has 0 unspecified atom stereocenters. The van der Waals surface area contributed by atoms with Crippen molar-refractivity contribution >= 4 is 88.9 Å². The molecule has 8 aromatic rings. The van der Waals surface area contributed by atoms with Crippen LogP contribution < -0.4 is 18.9 Å². The molecule has 4 aromatic heterocycles. The molecule has 2 saturated heterocycles. The molecule has 14 rings (SSSR count). The highest BCUT2D eigenvalue weighted by Gasteiger charge is 2.37. The molecular formula is C76H88N8O14S2. The first-order chi connectivity index (χ1) is 48.2. The molecule has 0 radical (unpaired) electrons. The van der Waals surface area contributed by atoms with E-state index in [1.165, 1.54) is 57.9 Å². The van der Waals surface area contributed by atoms with E-state index in [1.54, 1.807) is 45.5 Å². The SMILES string of the molecule is CCOC(=O)c1cnn(C2CCOCC2)c1C1=Cc2cc(OC)ccc2-c2c(C3CCCCC3)c3ccc(C(=O)NS(=O)(=O)C(C)C)cc3n2C1.COc1ccc2c(c1)C=C(c1c(C(=O)O)cnn1C1CCOCC1)Cn1c-2c(C2CCCCC2)c2ccc(C(=O)NS(=O)(=O)C(C)C)cc21. The number of rotatable bonds is 17. The van der Waals surface area contributed by atoms with E-state index < -0.39 is 54.3 Å². The molecule has 6 aliphatic rings. The van der Waals surface area contributed by atoms with Gasteiger partial charge >= 0.3 is 11.9 Å². The Morgan fingerprint density at radius 2 is 0.960 bits per heavy atom. The van der Waals surface area contributed by atoms with Crippen LogP contribution in [0.4, 0.5) is 0 Å². The number of benzene rings is 4. The number of carboxylic acid groups (broad SMARTS) is 1. The summed E-state index contributed by atoms with van der Waals surface area (Å²) in [6, 6.07) is 23.0. The lowest BCUT2D eigenvalue weighted by atomic mass is 9.81. The maximum absolute atomic E-state index is 13.5. The number of carbonyl (C=O) groups is 4. The molecule has 0 atom stereocenters. The fourth-order valence-electron chi connectivity index (χ4n) is 15.6. The van der Waals surface area contributed by atoms with E-state index in [0.29, 0.717) is 86.7 Å². The maximum Gasteiger partial charge on any atom is 0.341 e. The molecule has 528 valence electrons. The molecule has 100 heavy (non-hydrogen) atoms. The number of sulfonamides is 2. The second-order valence-electron chi connectivity index (χ2n) is 27.5. The van der Waals surface area contributed by atoms with Crippen LogP contribution in [0.5, 0.6) is 11.5 Å².